The standard InChI is InChI=1S/C16H21NO5/c1-20-15-10-5-3-6-21-14(10)13(11(17)8-12(18)19)9-4-2-7-22-16(9)15/h11H,2-8,17H2,1H3,(H,18,19). The van der Waals surface area contributed by atoms with Crippen molar-refractivity contribution in [2.75, 3.05) is 20.3 Å². The minimum Gasteiger partial charge on any atom is -0.493 e. The fraction of sp³-hybridized carbons (Fsp3) is 0.562. The Kier molecular flexibility index (Phi) is 4.11. The molecule has 2 aliphatic heterocycles. The third-order valence-electron chi connectivity index (χ3n) is 4.20. The average molecular weight is 307 g/mol. The second-order valence-electron chi connectivity index (χ2n) is 5.67. The van der Waals surface area contributed by atoms with Crippen LogP contribution in [0.25, 0.3) is 0 Å². The van der Waals surface area contributed by atoms with Crippen molar-refractivity contribution in [3.63, 3.8) is 0 Å². The predicted molar refractivity (Wildman–Crippen MR) is 79.8 cm³/mol. The Bertz CT molecular complexity index is 562. The van der Waals surface area contributed by atoms with E-state index in [0.29, 0.717) is 24.7 Å². The molecule has 2 heterocycles. The molecule has 3 N–H and O–H groups in total. The van der Waals surface area contributed by atoms with Gasteiger partial charge in [-0.3, -0.25) is 4.79 Å². The van der Waals surface area contributed by atoms with Gasteiger partial charge in [-0.2, -0.15) is 0 Å². The van der Waals surface area contributed by atoms with Gasteiger partial charge in [0.25, 0.3) is 0 Å². The summed E-state index contributed by atoms with van der Waals surface area (Å²) in [5.41, 5.74) is 8.85. The maximum atomic E-state index is 11.1. The van der Waals surface area contributed by atoms with Crippen LogP contribution in [0.4, 0.5) is 0 Å². The van der Waals surface area contributed by atoms with Crippen molar-refractivity contribution in [3.05, 3.63) is 16.7 Å². The highest BCUT2D eigenvalue weighted by atomic mass is 16.5. The molecule has 0 radical (unpaired) electrons. The molecule has 2 aliphatic rings. The van der Waals surface area contributed by atoms with E-state index in [-0.39, 0.29) is 6.42 Å². The molecule has 1 aromatic carbocycles. The molecule has 3 rings (SSSR count). The zero-order chi connectivity index (χ0) is 15.7. The number of ether oxygens (including phenoxy) is 3. The maximum absolute atomic E-state index is 11.1. The molecule has 1 unspecified atom stereocenters. The van der Waals surface area contributed by atoms with Crippen LogP contribution in [0.1, 0.15) is 42.0 Å². The van der Waals surface area contributed by atoms with Crippen molar-refractivity contribution in [1.82, 2.24) is 0 Å². The Morgan fingerprint density at radius 1 is 1.23 bits per heavy atom. The van der Waals surface area contributed by atoms with Crippen molar-refractivity contribution in [3.8, 4) is 17.2 Å². The van der Waals surface area contributed by atoms with Crippen LogP contribution in [-0.4, -0.2) is 31.4 Å². The van der Waals surface area contributed by atoms with Gasteiger partial charge < -0.3 is 25.1 Å². The lowest BCUT2D eigenvalue weighted by Gasteiger charge is -2.31. The van der Waals surface area contributed by atoms with Gasteiger partial charge in [0.15, 0.2) is 11.5 Å². The Morgan fingerprint density at radius 3 is 2.50 bits per heavy atom. The van der Waals surface area contributed by atoms with E-state index in [9.17, 15) is 4.79 Å². The van der Waals surface area contributed by atoms with E-state index in [1.807, 2.05) is 0 Å². The topological polar surface area (TPSA) is 91.0 Å². The number of benzene rings is 1. The third-order valence-corrected chi connectivity index (χ3v) is 4.20. The summed E-state index contributed by atoms with van der Waals surface area (Å²) in [5.74, 6) is 1.23. The molecule has 1 atom stereocenters. The monoisotopic (exact) mass is 307 g/mol. The van der Waals surface area contributed by atoms with E-state index < -0.39 is 12.0 Å². The van der Waals surface area contributed by atoms with E-state index in [4.69, 9.17) is 25.1 Å². The Morgan fingerprint density at radius 2 is 1.86 bits per heavy atom. The first-order chi connectivity index (χ1) is 10.6. The molecular formula is C16H21NO5. The number of carboxylic acids is 1. The molecule has 0 saturated heterocycles. The molecule has 0 aliphatic carbocycles. The summed E-state index contributed by atoms with van der Waals surface area (Å²) in [7, 11) is 1.62. The highest BCUT2D eigenvalue weighted by molar-refractivity contribution is 5.70. The smallest absolute Gasteiger partial charge is 0.305 e. The third kappa shape index (κ3) is 2.47. The lowest BCUT2D eigenvalue weighted by atomic mass is 9.87. The number of fused-ring (bicyclic) bond motifs is 2. The minimum absolute atomic E-state index is 0.130. The van der Waals surface area contributed by atoms with E-state index in [2.05, 4.69) is 0 Å². The van der Waals surface area contributed by atoms with Gasteiger partial charge in [0.1, 0.15) is 5.75 Å². The number of nitrogens with two attached hydrogens (primary N) is 1. The summed E-state index contributed by atoms with van der Waals surface area (Å²) in [6.07, 6.45) is 3.26. The van der Waals surface area contributed by atoms with Gasteiger partial charge >= 0.3 is 5.97 Å². The summed E-state index contributed by atoms with van der Waals surface area (Å²) in [5, 5.41) is 9.08. The van der Waals surface area contributed by atoms with Gasteiger partial charge in [-0.15, -0.1) is 0 Å². The minimum atomic E-state index is -0.918. The zero-order valence-corrected chi connectivity index (χ0v) is 12.7. The number of rotatable bonds is 4. The van der Waals surface area contributed by atoms with Gasteiger partial charge in [0.2, 0.25) is 0 Å². The Labute approximate surface area is 129 Å². The molecule has 6 nitrogen and oxygen atoms in total. The first kappa shape index (κ1) is 15.0. The van der Waals surface area contributed by atoms with Crippen LogP contribution in [0.15, 0.2) is 0 Å². The maximum Gasteiger partial charge on any atom is 0.305 e. The number of aliphatic carboxylic acids is 1. The van der Waals surface area contributed by atoms with Crippen molar-refractivity contribution in [2.45, 2.75) is 38.1 Å². The van der Waals surface area contributed by atoms with Gasteiger partial charge in [-0.05, 0) is 25.7 Å². The molecule has 1 aromatic rings. The van der Waals surface area contributed by atoms with Crippen molar-refractivity contribution in [2.24, 2.45) is 5.73 Å². The summed E-state index contributed by atoms with van der Waals surface area (Å²) in [6.45, 7) is 1.25. The van der Waals surface area contributed by atoms with Crippen LogP contribution in [0, 0.1) is 0 Å². The number of carbonyl (C=O) groups is 1. The molecule has 0 aromatic heterocycles. The number of hydrogen-bond donors (Lipinski definition) is 2. The second-order valence-corrected chi connectivity index (χ2v) is 5.67. The molecule has 22 heavy (non-hydrogen) atoms. The van der Waals surface area contributed by atoms with Gasteiger partial charge in [0, 0.05) is 22.7 Å². The SMILES string of the molecule is COc1c2c(c(C(N)CC(=O)O)c3c1OCCC3)OCCC2. The van der Waals surface area contributed by atoms with Crippen molar-refractivity contribution < 1.29 is 24.1 Å². The average Bonchev–Trinajstić information content (AvgIpc) is 2.51. The van der Waals surface area contributed by atoms with Crippen LogP contribution >= 0.6 is 0 Å². The molecule has 0 spiro atoms. The molecular weight excluding hydrogens is 286 g/mol. The number of methoxy groups -OCH3 is 1. The molecule has 0 amide bonds. The van der Waals surface area contributed by atoms with Crippen molar-refractivity contribution >= 4 is 5.97 Å². The van der Waals surface area contributed by atoms with Crippen LogP contribution in [-0.2, 0) is 17.6 Å². The number of hydrogen-bond acceptors (Lipinski definition) is 5. The molecule has 6 heteroatoms. The van der Waals surface area contributed by atoms with Crippen LogP contribution < -0.4 is 19.9 Å². The fourth-order valence-electron chi connectivity index (χ4n) is 3.34. The Hall–Kier alpha value is -1.95. The lowest BCUT2D eigenvalue weighted by molar-refractivity contribution is -0.137. The van der Waals surface area contributed by atoms with E-state index >= 15 is 0 Å². The quantitative estimate of drug-likeness (QED) is 0.881. The van der Waals surface area contributed by atoms with Crippen LogP contribution in [0.3, 0.4) is 0 Å². The van der Waals surface area contributed by atoms with Gasteiger partial charge in [-0.1, -0.05) is 0 Å². The highest BCUT2D eigenvalue weighted by Crippen LogP contribution is 2.49. The molecule has 0 fully saturated rings. The Balaban J connectivity index is 2.20. The molecule has 0 bridgehead atoms. The second kappa shape index (κ2) is 6.04. The van der Waals surface area contributed by atoms with Crippen molar-refractivity contribution in [1.29, 1.82) is 0 Å². The van der Waals surface area contributed by atoms with Gasteiger partial charge in [-0.25, -0.2) is 0 Å². The predicted octanol–water partition coefficient (Wildman–Crippen LogP) is 1.82. The fourth-order valence-corrected chi connectivity index (χ4v) is 3.34. The van der Waals surface area contributed by atoms with Gasteiger partial charge in [0.05, 0.1) is 26.7 Å². The lowest BCUT2D eigenvalue weighted by Crippen LogP contribution is -2.24. The molecule has 120 valence electrons. The number of carboxylic acid groups (broad SMARTS) is 1. The van der Waals surface area contributed by atoms with E-state index in [0.717, 1.165) is 48.1 Å². The summed E-state index contributed by atoms with van der Waals surface area (Å²) >= 11 is 0. The molecule has 0 saturated carbocycles. The van der Waals surface area contributed by atoms with E-state index in [1.54, 1.807) is 7.11 Å². The van der Waals surface area contributed by atoms with Crippen LogP contribution in [0.2, 0.25) is 0 Å². The zero-order valence-electron chi connectivity index (χ0n) is 12.7. The first-order valence-corrected chi connectivity index (χ1v) is 7.62. The summed E-state index contributed by atoms with van der Waals surface area (Å²) in [4.78, 5) is 11.1. The summed E-state index contributed by atoms with van der Waals surface area (Å²) in [6, 6.07) is -0.606. The van der Waals surface area contributed by atoms with E-state index in [1.165, 1.54) is 0 Å². The highest BCUT2D eigenvalue weighted by Gasteiger charge is 2.32. The first-order valence-electron chi connectivity index (χ1n) is 7.62. The van der Waals surface area contributed by atoms with Crippen LogP contribution in [0.5, 0.6) is 17.2 Å². The summed E-state index contributed by atoms with van der Waals surface area (Å²) < 4.78 is 17.2. The normalized spacial score (nSPS) is 17.5. The largest absolute Gasteiger partial charge is 0.493 e.